The average molecular weight is 277 g/mol. The standard InChI is InChI=1S/C15H19NO4/c1-15(2,3)13(17)19-10-16-9-12(20-14(16)18)11-7-5-4-6-8-11/h4-8,12H,9-10H2,1-3H3. The topological polar surface area (TPSA) is 55.8 Å². The van der Waals surface area contributed by atoms with Crippen molar-refractivity contribution in [1.82, 2.24) is 4.90 Å². The minimum absolute atomic E-state index is 0.0712. The summed E-state index contributed by atoms with van der Waals surface area (Å²) >= 11 is 0. The Kier molecular flexibility index (Phi) is 3.97. The van der Waals surface area contributed by atoms with Gasteiger partial charge in [0.25, 0.3) is 0 Å². The highest BCUT2D eigenvalue weighted by molar-refractivity contribution is 5.76. The van der Waals surface area contributed by atoms with Gasteiger partial charge >= 0.3 is 12.1 Å². The number of hydrogen-bond acceptors (Lipinski definition) is 4. The average Bonchev–Trinajstić information content (AvgIpc) is 2.77. The summed E-state index contributed by atoms with van der Waals surface area (Å²) in [5, 5.41) is 0. The monoisotopic (exact) mass is 277 g/mol. The Balaban J connectivity index is 1.92. The van der Waals surface area contributed by atoms with E-state index in [1.54, 1.807) is 20.8 Å². The summed E-state index contributed by atoms with van der Waals surface area (Å²) < 4.78 is 10.4. The van der Waals surface area contributed by atoms with Crippen LogP contribution < -0.4 is 0 Å². The van der Waals surface area contributed by atoms with Crippen molar-refractivity contribution >= 4 is 12.1 Å². The summed E-state index contributed by atoms with van der Waals surface area (Å²) in [4.78, 5) is 24.8. The molecule has 1 aliphatic rings. The van der Waals surface area contributed by atoms with Gasteiger partial charge in [0.1, 0.15) is 6.10 Å². The molecular weight excluding hydrogens is 258 g/mol. The van der Waals surface area contributed by atoms with Gasteiger partial charge in [-0.2, -0.15) is 0 Å². The Labute approximate surface area is 118 Å². The molecule has 1 saturated heterocycles. The van der Waals surface area contributed by atoms with Crippen LogP contribution in [0.2, 0.25) is 0 Å². The van der Waals surface area contributed by atoms with Gasteiger partial charge in [-0.3, -0.25) is 9.69 Å². The van der Waals surface area contributed by atoms with Crippen LogP contribution in [0.4, 0.5) is 4.79 Å². The third-order valence-electron chi connectivity index (χ3n) is 3.02. The molecule has 0 N–H and O–H groups in total. The lowest BCUT2D eigenvalue weighted by Crippen LogP contribution is -2.32. The molecule has 0 radical (unpaired) electrons. The first-order valence-electron chi connectivity index (χ1n) is 6.55. The zero-order valence-electron chi connectivity index (χ0n) is 12.0. The van der Waals surface area contributed by atoms with E-state index in [1.807, 2.05) is 30.3 Å². The van der Waals surface area contributed by atoms with Crippen molar-refractivity contribution in [3.8, 4) is 0 Å². The summed E-state index contributed by atoms with van der Waals surface area (Å²) in [7, 11) is 0. The van der Waals surface area contributed by atoms with Crippen LogP contribution in [0.5, 0.6) is 0 Å². The predicted molar refractivity (Wildman–Crippen MR) is 72.8 cm³/mol. The minimum atomic E-state index is -0.581. The summed E-state index contributed by atoms with van der Waals surface area (Å²) in [5.74, 6) is -0.339. The molecule has 2 rings (SSSR count). The highest BCUT2D eigenvalue weighted by Gasteiger charge is 2.33. The van der Waals surface area contributed by atoms with Gasteiger partial charge < -0.3 is 9.47 Å². The second-order valence-corrected chi connectivity index (χ2v) is 5.82. The molecule has 1 heterocycles. The Morgan fingerprint density at radius 1 is 1.35 bits per heavy atom. The van der Waals surface area contributed by atoms with Crippen LogP contribution in [0.25, 0.3) is 0 Å². The van der Waals surface area contributed by atoms with Gasteiger partial charge in [-0.1, -0.05) is 30.3 Å². The van der Waals surface area contributed by atoms with Gasteiger partial charge in [0.2, 0.25) is 0 Å². The van der Waals surface area contributed by atoms with Crippen molar-refractivity contribution in [2.75, 3.05) is 13.3 Å². The maximum atomic E-state index is 11.7. The number of esters is 1. The van der Waals surface area contributed by atoms with Gasteiger partial charge in [0.05, 0.1) is 12.0 Å². The van der Waals surface area contributed by atoms with Crippen molar-refractivity contribution in [2.45, 2.75) is 26.9 Å². The van der Waals surface area contributed by atoms with E-state index in [0.29, 0.717) is 6.54 Å². The molecule has 1 unspecified atom stereocenters. The first-order valence-corrected chi connectivity index (χ1v) is 6.55. The van der Waals surface area contributed by atoms with Gasteiger partial charge in [0, 0.05) is 0 Å². The lowest BCUT2D eigenvalue weighted by atomic mass is 9.98. The van der Waals surface area contributed by atoms with Gasteiger partial charge in [-0.05, 0) is 26.3 Å². The van der Waals surface area contributed by atoms with E-state index >= 15 is 0 Å². The molecule has 0 aromatic heterocycles. The molecule has 1 aliphatic heterocycles. The zero-order valence-corrected chi connectivity index (χ0v) is 12.0. The normalized spacial score (nSPS) is 18.9. The number of hydrogen-bond donors (Lipinski definition) is 0. The largest absolute Gasteiger partial charge is 0.444 e. The fourth-order valence-electron chi connectivity index (χ4n) is 1.81. The molecule has 1 fully saturated rings. The number of nitrogens with zero attached hydrogens (tertiary/aromatic N) is 1. The summed E-state index contributed by atoms with van der Waals surface area (Å²) in [5.41, 5.74) is 0.355. The van der Waals surface area contributed by atoms with Crippen LogP contribution in [0.3, 0.4) is 0 Å². The van der Waals surface area contributed by atoms with E-state index in [9.17, 15) is 9.59 Å². The number of amides is 1. The number of carbonyl (C=O) groups excluding carboxylic acids is 2. The van der Waals surface area contributed by atoms with Crippen LogP contribution in [0.1, 0.15) is 32.4 Å². The Hall–Kier alpha value is -2.04. The van der Waals surface area contributed by atoms with Crippen molar-refractivity contribution in [3.05, 3.63) is 35.9 Å². The number of rotatable bonds is 3. The summed E-state index contributed by atoms with van der Waals surface area (Å²) in [6.07, 6.45) is -0.766. The fraction of sp³-hybridized carbons (Fsp3) is 0.467. The van der Waals surface area contributed by atoms with Gasteiger partial charge in [0.15, 0.2) is 6.73 Å². The molecule has 1 atom stereocenters. The van der Waals surface area contributed by atoms with E-state index < -0.39 is 11.5 Å². The minimum Gasteiger partial charge on any atom is -0.444 e. The van der Waals surface area contributed by atoms with Crippen LogP contribution in [0, 0.1) is 5.41 Å². The lowest BCUT2D eigenvalue weighted by molar-refractivity contribution is -0.156. The number of carbonyl (C=O) groups is 2. The van der Waals surface area contributed by atoms with Crippen molar-refractivity contribution in [2.24, 2.45) is 5.41 Å². The summed E-state index contributed by atoms with van der Waals surface area (Å²) in [6.45, 7) is 5.62. The smallest absolute Gasteiger partial charge is 0.413 e. The maximum Gasteiger partial charge on any atom is 0.413 e. The van der Waals surface area contributed by atoms with Crippen LogP contribution in [-0.2, 0) is 14.3 Å². The molecule has 0 aliphatic carbocycles. The van der Waals surface area contributed by atoms with Gasteiger partial charge in [-0.25, -0.2) is 4.79 Å². The van der Waals surface area contributed by atoms with E-state index in [1.165, 1.54) is 4.90 Å². The molecule has 1 aromatic carbocycles. The first kappa shape index (κ1) is 14.4. The SMILES string of the molecule is CC(C)(C)C(=O)OCN1CC(c2ccccc2)OC1=O. The van der Waals surface area contributed by atoms with Crippen LogP contribution in [-0.4, -0.2) is 30.2 Å². The van der Waals surface area contributed by atoms with Crippen LogP contribution >= 0.6 is 0 Å². The van der Waals surface area contributed by atoms with Crippen molar-refractivity contribution in [3.63, 3.8) is 0 Å². The van der Waals surface area contributed by atoms with Crippen molar-refractivity contribution < 1.29 is 19.1 Å². The maximum absolute atomic E-state index is 11.7. The fourth-order valence-corrected chi connectivity index (χ4v) is 1.81. The lowest BCUT2D eigenvalue weighted by Gasteiger charge is -2.19. The second kappa shape index (κ2) is 5.53. The molecule has 0 saturated carbocycles. The Morgan fingerprint density at radius 3 is 2.60 bits per heavy atom. The highest BCUT2D eigenvalue weighted by atomic mass is 16.6. The molecule has 1 amide bonds. The molecule has 20 heavy (non-hydrogen) atoms. The second-order valence-electron chi connectivity index (χ2n) is 5.82. The number of ether oxygens (including phenoxy) is 2. The van der Waals surface area contributed by atoms with E-state index in [-0.39, 0.29) is 18.8 Å². The van der Waals surface area contributed by atoms with E-state index in [4.69, 9.17) is 9.47 Å². The molecule has 0 bridgehead atoms. The molecule has 5 heteroatoms. The van der Waals surface area contributed by atoms with E-state index in [2.05, 4.69) is 0 Å². The summed E-state index contributed by atoms with van der Waals surface area (Å²) in [6, 6.07) is 9.51. The predicted octanol–water partition coefficient (Wildman–Crippen LogP) is 2.73. The Morgan fingerprint density at radius 2 is 2.00 bits per heavy atom. The third kappa shape index (κ3) is 3.29. The molecule has 0 spiro atoms. The zero-order chi connectivity index (χ0) is 14.8. The highest BCUT2D eigenvalue weighted by Crippen LogP contribution is 2.26. The molecular formula is C15H19NO4. The van der Waals surface area contributed by atoms with E-state index in [0.717, 1.165) is 5.56 Å². The number of benzene rings is 1. The van der Waals surface area contributed by atoms with Crippen molar-refractivity contribution in [1.29, 1.82) is 0 Å². The van der Waals surface area contributed by atoms with Crippen LogP contribution in [0.15, 0.2) is 30.3 Å². The molecule has 5 nitrogen and oxygen atoms in total. The quantitative estimate of drug-likeness (QED) is 0.797. The molecule has 1 aromatic rings. The molecule has 108 valence electrons. The van der Waals surface area contributed by atoms with Gasteiger partial charge in [-0.15, -0.1) is 0 Å². The number of cyclic esters (lactones) is 1. The first-order chi connectivity index (χ1) is 9.38. The third-order valence-corrected chi connectivity index (χ3v) is 3.02. The Bertz CT molecular complexity index is 492.